The fourth-order valence-corrected chi connectivity index (χ4v) is 1.80. The third-order valence-electron chi connectivity index (χ3n) is 1.28. The fraction of sp³-hybridized carbons (Fsp3) is 0.143. The van der Waals surface area contributed by atoms with Crippen LogP contribution in [0.25, 0.3) is 0 Å². The molecule has 2 nitrogen and oxygen atoms in total. The monoisotopic (exact) mass is 189 g/mol. The van der Waals surface area contributed by atoms with Gasteiger partial charge in [-0.1, -0.05) is 18.2 Å². The lowest BCUT2D eigenvalue weighted by Crippen LogP contribution is -1.98. The van der Waals surface area contributed by atoms with E-state index in [2.05, 4.69) is 0 Å². The van der Waals surface area contributed by atoms with Crippen molar-refractivity contribution in [2.24, 2.45) is 0 Å². The number of hydrogen-bond acceptors (Lipinski definition) is 2. The molecule has 0 radical (unpaired) electrons. The second kappa shape index (κ2) is 3.24. The largest absolute Gasteiger partial charge is 0.248 e. The summed E-state index contributed by atoms with van der Waals surface area (Å²) in [5, 5.41) is -0.142. The summed E-state index contributed by atoms with van der Waals surface area (Å²) in [5.74, 6) is 0. The van der Waals surface area contributed by atoms with Crippen LogP contribution in [0, 0.1) is 4.78 Å². The average molecular weight is 190 g/mol. The van der Waals surface area contributed by atoms with Crippen molar-refractivity contribution in [1.82, 2.24) is 0 Å². The van der Waals surface area contributed by atoms with Crippen LogP contribution in [0.1, 0.15) is 0 Å². The highest BCUT2D eigenvalue weighted by atomic mass is 35.5. The van der Waals surface area contributed by atoms with E-state index in [1.165, 1.54) is 0 Å². The molecule has 1 N–H and O–H groups in total. The highest BCUT2D eigenvalue weighted by molar-refractivity contribution is 7.93. The van der Waals surface area contributed by atoms with Gasteiger partial charge in [0.2, 0.25) is 0 Å². The minimum absolute atomic E-state index is 0.142. The highest BCUT2D eigenvalue weighted by Gasteiger charge is 2.05. The van der Waals surface area contributed by atoms with Gasteiger partial charge in [-0.3, -0.25) is 0 Å². The molecule has 1 aromatic rings. The molecule has 1 rings (SSSR count). The number of hydrogen-bond donors (Lipinski definition) is 1. The maximum absolute atomic E-state index is 11.3. The van der Waals surface area contributed by atoms with E-state index in [1.807, 2.05) is 6.07 Å². The van der Waals surface area contributed by atoms with Crippen molar-refractivity contribution in [1.29, 1.82) is 4.78 Å². The fourth-order valence-electron chi connectivity index (χ4n) is 0.703. The van der Waals surface area contributed by atoms with Gasteiger partial charge in [0.1, 0.15) is 5.21 Å². The van der Waals surface area contributed by atoms with Crippen LogP contribution in [0.3, 0.4) is 0 Å². The molecule has 0 spiro atoms. The smallest absolute Gasteiger partial charge is 0.110 e. The normalized spacial score (nSPS) is 15.7. The molecule has 0 aliphatic rings. The maximum atomic E-state index is 11.3. The molecule has 0 saturated heterocycles. The van der Waals surface area contributed by atoms with Crippen molar-refractivity contribution in [2.45, 2.75) is 4.90 Å². The third kappa shape index (κ3) is 1.94. The van der Waals surface area contributed by atoms with E-state index in [0.29, 0.717) is 4.90 Å². The third-order valence-corrected chi connectivity index (χ3v) is 3.54. The summed E-state index contributed by atoms with van der Waals surface area (Å²) in [6.45, 7) is 0. The molecule has 60 valence electrons. The molecule has 11 heavy (non-hydrogen) atoms. The molecule has 1 unspecified atom stereocenters. The lowest BCUT2D eigenvalue weighted by Gasteiger charge is -2.00. The first-order valence-electron chi connectivity index (χ1n) is 3.04. The Morgan fingerprint density at radius 2 is 1.91 bits per heavy atom. The van der Waals surface area contributed by atoms with Crippen LogP contribution in [-0.2, 0) is 9.73 Å². The molecule has 0 fully saturated rings. The second-order valence-corrected chi connectivity index (χ2v) is 4.79. The van der Waals surface area contributed by atoms with Gasteiger partial charge < -0.3 is 0 Å². The second-order valence-electron chi connectivity index (χ2n) is 2.10. The van der Waals surface area contributed by atoms with Crippen molar-refractivity contribution in [2.75, 3.05) is 5.21 Å². The van der Waals surface area contributed by atoms with Crippen LogP contribution >= 0.6 is 11.6 Å². The number of benzene rings is 1. The maximum Gasteiger partial charge on any atom is 0.110 e. The van der Waals surface area contributed by atoms with Gasteiger partial charge in [-0.15, -0.1) is 11.6 Å². The number of nitrogens with one attached hydrogen (secondary N) is 1. The molecule has 1 atom stereocenters. The summed E-state index contributed by atoms with van der Waals surface area (Å²) in [6, 6.07) is 8.61. The Kier molecular flexibility index (Phi) is 2.52. The molecule has 0 aromatic heterocycles. The molecule has 4 heteroatoms. The first-order valence-corrected chi connectivity index (χ1v) is 5.30. The molecule has 0 amide bonds. The van der Waals surface area contributed by atoms with Crippen LogP contribution < -0.4 is 0 Å². The number of halogens is 1. The Labute approximate surface area is 71.2 Å². The van der Waals surface area contributed by atoms with Gasteiger partial charge in [0.05, 0.1) is 9.73 Å². The standard InChI is InChI=1S/C7H8ClNOS/c8-6-11(9,10)7-4-2-1-3-5-7/h1-5,9H,6H2. The van der Waals surface area contributed by atoms with E-state index in [1.54, 1.807) is 24.3 Å². The summed E-state index contributed by atoms with van der Waals surface area (Å²) in [7, 11) is -2.73. The molecule has 1 aromatic carbocycles. The van der Waals surface area contributed by atoms with Crippen LogP contribution in [0.5, 0.6) is 0 Å². The lowest BCUT2D eigenvalue weighted by molar-refractivity contribution is 0.678. The Hall–Kier alpha value is -0.540. The van der Waals surface area contributed by atoms with E-state index in [-0.39, 0.29) is 5.21 Å². The topological polar surface area (TPSA) is 40.9 Å². The molecule has 0 aliphatic heterocycles. The SMILES string of the molecule is N=S(=O)(CCl)c1ccccc1. The van der Waals surface area contributed by atoms with E-state index in [0.717, 1.165) is 0 Å². The quantitative estimate of drug-likeness (QED) is 0.713. The highest BCUT2D eigenvalue weighted by Crippen LogP contribution is 2.11. The van der Waals surface area contributed by atoms with Crippen LogP contribution in [0.4, 0.5) is 0 Å². The van der Waals surface area contributed by atoms with Crippen molar-refractivity contribution in [3.05, 3.63) is 30.3 Å². The van der Waals surface area contributed by atoms with Gasteiger partial charge in [-0.2, -0.15) is 0 Å². The summed E-state index contributed by atoms with van der Waals surface area (Å²) < 4.78 is 18.6. The van der Waals surface area contributed by atoms with E-state index < -0.39 is 9.73 Å². The molecule has 0 heterocycles. The number of alkyl halides is 1. The average Bonchev–Trinajstić information content (AvgIpc) is 2.06. The Balaban J connectivity index is 3.14. The van der Waals surface area contributed by atoms with E-state index >= 15 is 0 Å². The van der Waals surface area contributed by atoms with Crippen LogP contribution in [-0.4, -0.2) is 9.42 Å². The molecular formula is C7H8ClNOS. The zero-order valence-electron chi connectivity index (χ0n) is 5.79. The van der Waals surface area contributed by atoms with Gasteiger partial charge in [0.15, 0.2) is 0 Å². The van der Waals surface area contributed by atoms with E-state index in [4.69, 9.17) is 16.4 Å². The Bertz CT molecular complexity index is 320. The summed E-state index contributed by atoms with van der Waals surface area (Å²) in [6.07, 6.45) is 0. The zero-order valence-corrected chi connectivity index (χ0v) is 7.36. The first kappa shape index (κ1) is 8.56. The van der Waals surface area contributed by atoms with Gasteiger partial charge in [-0.05, 0) is 12.1 Å². The van der Waals surface area contributed by atoms with Gasteiger partial charge in [0, 0.05) is 4.90 Å². The Morgan fingerprint density at radius 3 is 2.36 bits per heavy atom. The lowest BCUT2D eigenvalue weighted by atomic mass is 10.4. The minimum atomic E-state index is -2.73. The van der Waals surface area contributed by atoms with Crippen molar-refractivity contribution in [3.63, 3.8) is 0 Å². The molecular weight excluding hydrogens is 182 g/mol. The predicted octanol–water partition coefficient (Wildman–Crippen LogP) is 2.29. The number of rotatable bonds is 2. The van der Waals surface area contributed by atoms with Gasteiger partial charge in [0.25, 0.3) is 0 Å². The van der Waals surface area contributed by atoms with Crippen molar-refractivity contribution >= 4 is 21.3 Å². The summed E-state index contributed by atoms with van der Waals surface area (Å²) in [5.41, 5.74) is 0. The van der Waals surface area contributed by atoms with Gasteiger partial charge in [-0.25, -0.2) is 8.99 Å². The molecule has 0 saturated carbocycles. The molecule has 0 bridgehead atoms. The van der Waals surface area contributed by atoms with Crippen molar-refractivity contribution < 1.29 is 4.21 Å². The zero-order chi connectivity index (χ0) is 8.32. The summed E-state index contributed by atoms with van der Waals surface area (Å²) in [4.78, 5) is 0.495. The first-order chi connectivity index (χ1) is 5.17. The summed E-state index contributed by atoms with van der Waals surface area (Å²) >= 11 is 5.36. The predicted molar refractivity (Wildman–Crippen MR) is 46.3 cm³/mol. The molecule has 0 aliphatic carbocycles. The van der Waals surface area contributed by atoms with Crippen LogP contribution in [0.15, 0.2) is 35.2 Å². The minimum Gasteiger partial charge on any atom is -0.248 e. The van der Waals surface area contributed by atoms with Crippen molar-refractivity contribution in [3.8, 4) is 0 Å². The Morgan fingerprint density at radius 1 is 1.36 bits per heavy atom. The van der Waals surface area contributed by atoms with Crippen LogP contribution in [0.2, 0.25) is 0 Å². The van der Waals surface area contributed by atoms with E-state index in [9.17, 15) is 4.21 Å². The van der Waals surface area contributed by atoms with Gasteiger partial charge >= 0.3 is 0 Å².